The van der Waals surface area contributed by atoms with E-state index in [2.05, 4.69) is 20.6 Å². The van der Waals surface area contributed by atoms with Gasteiger partial charge in [0.1, 0.15) is 30.3 Å². The fraction of sp³-hybridized carbons (Fsp3) is 0.318. The molecule has 0 aliphatic carbocycles. The summed E-state index contributed by atoms with van der Waals surface area (Å²) in [5.74, 6) is -1.19. The van der Waals surface area contributed by atoms with Gasteiger partial charge < -0.3 is 15.2 Å². The van der Waals surface area contributed by atoms with Crippen molar-refractivity contribution < 1.29 is 40.6 Å². The van der Waals surface area contributed by atoms with Crippen molar-refractivity contribution in [1.29, 1.82) is 0 Å². The van der Waals surface area contributed by atoms with E-state index in [-0.39, 0.29) is 17.9 Å². The molecule has 3 rings (SSSR count). The number of nitrogens with zero attached hydrogens (tertiary/aromatic N) is 2. The highest BCUT2D eigenvalue weighted by Crippen LogP contribution is 2.42. The lowest BCUT2D eigenvalue weighted by molar-refractivity contribution is -0.209. The van der Waals surface area contributed by atoms with E-state index in [1.54, 1.807) is 0 Å². The van der Waals surface area contributed by atoms with Gasteiger partial charge in [0.25, 0.3) is 6.02 Å². The van der Waals surface area contributed by atoms with Crippen molar-refractivity contribution in [3.8, 4) is 18.1 Å². The number of aliphatic imine (C=N–C) groups is 1. The number of terminal acetylenes is 1. The third-order valence-electron chi connectivity index (χ3n) is 4.99. The Hall–Kier alpha value is -3.75. The molecule has 0 spiro atoms. The molecule has 1 aliphatic rings. The van der Waals surface area contributed by atoms with Gasteiger partial charge in [-0.2, -0.15) is 13.2 Å². The van der Waals surface area contributed by atoms with Gasteiger partial charge in [-0.3, -0.25) is 4.79 Å². The smallest absolute Gasteiger partial charge is 0.425 e. The van der Waals surface area contributed by atoms with Gasteiger partial charge in [-0.25, -0.2) is 23.1 Å². The van der Waals surface area contributed by atoms with Crippen LogP contribution in [0, 0.1) is 24.0 Å². The van der Waals surface area contributed by atoms with Crippen LogP contribution in [0.15, 0.2) is 35.5 Å². The standard InChI is InChI=1S/C22H17F6N3O3/c1-2-5-33-13-3-4-16(30-10-13)17(32)8-12-6-14(19(25)15(24)7-12)21(11-23)9-18(22(26,27)28)34-20(29)31-21/h1,3-4,6-7,10,18H,5,8-9,11H2,(H2,29,31)/t18-,21+/m0/s1. The molecule has 2 atom stereocenters. The third kappa shape index (κ3) is 5.24. The predicted octanol–water partition coefficient (Wildman–Crippen LogP) is 3.63. The van der Waals surface area contributed by atoms with Gasteiger partial charge in [-0.15, -0.1) is 6.42 Å². The SMILES string of the molecule is C#CCOc1ccc(C(=O)Cc2cc(F)c(F)c([C@]3(CF)C[C@@H](C(F)(F)F)OC(N)=N3)c2)nc1. The Kier molecular flexibility index (Phi) is 7.04. The number of amidine groups is 1. The van der Waals surface area contributed by atoms with E-state index in [9.17, 15) is 31.1 Å². The van der Waals surface area contributed by atoms with Gasteiger partial charge in [0.15, 0.2) is 23.5 Å². The Bertz CT molecular complexity index is 1140. The number of Topliss-reactive ketones (excluding diaryl/α,β-unsaturated/α-hetero) is 1. The van der Waals surface area contributed by atoms with Gasteiger partial charge in [0.05, 0.1) is 6.20 Å². The van der Waals surface area contributed by atoms with Gasteiger partial charge in [0.2, 0.25) is 0 Å². The average molecular weight is 485 g/mol. The summed E-state index contributed by atoms with van der Waals surface area (Å²) in [5, 5.41) is 0. The van der Waals surface area contributed by atoms with Crippen molar-refractivity contribution in [3.05, 3.63) is 58.9 Å². The van der Waals surface area contributed by atoms with Gasteiger partial charge in [-0.05, 0) is 29.8 Å². The maximum atomic E-state index is 14.7. The topological polar surface area (TPSA) is 86.8 Å². The highest BCUT2D eigenvalue weighted by atomic mass is 19.4. The molecule has 0 unspecified atom stereocenters. The normalized spacial score (nSPS) is 20.1. The van der Waals surface area contributed by atoms with Crippen molar-refractivity contribution in [2.45, 2.75) is 30.7 Å². The van der Waals surface area contributed by atoms with Crippen molar-refractivity contribution >= 4 is 11.8 Å². The fourth-order valence-electron chi connectivity index (χ4n) is 3.40. The second kappa shape index (κ2) is 9.62. The molecule has 0 saturated heterocycles. The van der Waals surface area contributed by atoms with E-state index in [0.717, 1.165) is 6.07 Å². The number of benzene rings is 1. The number of halogens is 6. The van der Waals surface area contributed by atoms with Crippen LogP contribution < -0.4 is 10.5 Å². The molecule has 0 fully saturated rings. The molecular formula is C22H17F6N3O3. The number of nitrogens with two attached hydrogens (primary N) is 1. The molecule has 180 valence electrons. The van der Waals surface area contributed by atoms with Crippen LogP contribution in [0.4, 0.5) is 26.3 Å². The summed E-state index contributed by atoms with van der Waals surface area (Å²) in [5.41, 5.74) is 1.80. The maximum Gasteiger partial charge on any atom is 0.425 e. The number of alkyl halides is 4. The molecule has 0 saturated carbocycles. The lowest BCUT2D eigenvalue weighted by Gasteiger charge is -2.36. The third-order valence-corrected chi connectivity index (χ3v) is 4.99. The first kappa shape index (κ1) is 24.9. The minimum atomic E-state index is -4.97. The van der Waals surface area contributed by atoms with Crippen molar-refractivity contribution in [1.82, 2.24) is 4.98 Å². The highest BCUT2D eigenvalue weighted by molar-refractivity contribution is 5.95. The molecule has 34 heavy (non-hydrogen) atoms. The molecule has 0 amide bonds. The first-order valence-electron chi connectivity index (χ1n) is 9.67. The zero-order valence-electron chi connectivity index (χ0n) is 17.3. The highest BCUT2D eigenvalue weighted by Gasteiger charge is 2.52. The molecule has 12 heteroatoms. The Morgan fingerprint density at radius 3 is 2.65 bits per heavy atom. The average Bonchev–Trinajstić information content (AvgIpc) is 2.79. The van der Waals surface area contributed by atoms with Crippen LogP contribution in [-0.2, 0) is 16.7 Å². The van der Waals surface area contributed by atoms with E-state index in [4.69, 9.17) is 16.9 Å². The van der Waals surface area contributed by atoms with E-state index in [1.807, 2.05) is 0 Å². The number of ketones is 1. The van der Waals surface area contributed by atoms with Crippen LogP contribution in [0.25, 0.3) is 0 Å². The first-order valence-corrected chi connectivity index (χ1v) is 9.67. The number of carbonyl (C=O) groups excluding carboxylic acids is 1. The quantitative estimate of drug-likeness (QED) is 0.368. The van der Waals surface area contributed by atoms with E-state index in [0.29, 0.717) is 11.8 Å². The number of hydrogen-bond acceptors (Lipinski definition) is 6. The summed E-state index contributed by atoms with van der Waals surface area (Å²) < 4.78 is 92.3. The lowest BCUT2D eigenvalue weighted by Crippen LogP contribution is -2.48. The van der Waals surface area contributed by atoms with Crippen LogP contribution in [0.2, 0.25) is 0 Å². The largest absolute Gasteiger partial charge is 0.479 e. The summed E-state index contributed by atoms with van der Waals surface area (Å²) in [7, 11) is 0. The van der Waals surface area contributed by atoms with Crippen molar-refractivity contribution in [3.63, 3.8) is 0 Å². The number of carbonyl (C=O) groups is 1. The number of pyridine rings is 1. The second-order valence-electron chi connectivity index (χ2n) is 7.38. The minimum Gasteiger partial charge on any atom is -0.479 e. The molecule has 2 heterocycles. The van der Waals surface area contributed by atoms with E-state index >= 15 is 0 Å². The molecule has 0 bridgehead atoms. The van der Waals surface area contributed by atoms with Gasteiger partial charge >= 0.3 is 6.18 Å². The van der Waals surface area contributed by atoms with E-state index < -0.39 is 66.3 Å². The summed E-state index contributed by atoms with van der Waals surface area (Å²) >= 11 is 0. The minimum absolute atomic E-state index is 0.0177. The maximum absolute atomic E-state index is 14.7. The Balaban J connectivity index is 1.93. The molecule has 0 radical (unpaired) electrons. The van der Waals surface area contributed by atoms with Crippen LogP contribution in [-0.4, -0.2) is 42.4 Å². The summed E-state index contributed by atoms with van der Waals surface area (Å²) in [6.45, 7) is -1.64. The summed E-state index contributed by atoms with van der Waals surface area (Å²) in [6, 6.07) is 3.28. The molecule has 1 aliphatic heterocycles. The zero-order chi connectivity index (χ0) is 25.1. The first-order chi connectivity index (χ1) is 16.0. The van der Waals surface area contributed by atoms with Crippen LogP contribution in [0.1, 0.15) is 28.0 Å². The molecule has 1 aromatic carbocycles. The van der Waals surface area contributed by atoms with Crippen LogP contribution in [0.3, 0.4) is 0 Å². The van der Waals surface area contributed by atoms with Crippen molar-refractivity contribution in [2.75, 3.05) is 13.3 Å². The Labute approximate surface area is 189 Å². The number of rotatable bonds is 7. The number of ether oxygens (including phenoxy) is 2. The van der Waals surface area contributed by atoms with E-state index in [1.165, 1.54) is 18.3 Å². The van der Waals surface area contributed by atoms with Crippen LogP contribution in [0.5, 0.6) is 5.75 Å². The Morgan fingerprint density at radius 1 is 1.32 bits per heavy atom. The van der Waals surface area contributed by atoms with Gasteiger partial charge in [-0.1, -0.05) is 5.92 Å². The second-order valence-corrected chi connectivity index (χ2v) is 7.38. The van der Waals surface area contributed by atoms with Crippen molar-refractivity contribution in [2.24, 2.45) is 10.7 Å². The van der Waals surface area contributed by atoms with Crippen LogP contribution >= 0.6 is 0 Å². The molecule has 2 N–H and O–H groups in total. The fourth-order valence-corrected chi connectivity index (χ4v) is 3.40. The predicted molar refractivity (Wildman–Crippen MR) is 108 cm³/mol. The molecular weight excluding hydrogens is 468 g/mol. The molecule has 6 nitrogen and oxygen atoms in total. The monoisotopic (exact) mass is 485 g/mol. The Morgan fingerprint density at radius 2 is 2.06 bits per heavy atom. The molecule has 2 aromatic rings. The number of hydrogen-bond donors (Lipinski definition) is 1. The van der Waals surface area contributed by atoms with Gasteiger partial charge in [0, 0.05) is 18.4 Å². The zero-order valence-corrected chi connectivity index (χ0v) is 17.3. The summed E-state index contributed by atoms with van der Waals surface area (Å²) in [6.07, 6.45) is -2.94. The lowest BCUT2D eigenvalue weighted by atomic mass is 9.83. The number of aromatic nitrogens is 1. The molecule has 1 aromatic heterocycles. The summed E-state index contributed by atoms with van der Waals surface area (Å²) in [4.78, 5) is 20.0.